The van der Waals surface area contributed by atoms with Crippen LogP contribution >= 0.6 is 15.9 Å². The molecule has 0 unspecified atom stereocenters. The van der Waals surface area contributed by atoms with Gasteiger partial charge in [-0.3, -0.25) is 0 Å². The molecule has 1 aromatic rings. The molecule has 0 aromatic carbocycles. The third-order valence-corrected chi connectivity index (χ3v) is 4.16. The number of alkyl halides is 1. The Bertz CT molecular complexity index is 263. The monoisotopic (exact) mass is 258 g/mol. The number of ether oxygens (including phenoxy) is 1. The van der Waals surface area contributed by atoms with E-state index in [1.807, 2.05) is 6.07 Å². The van der Waals surface area contributed by atoms with Gasteiger partial charge in [0.25, 0.3) is 0 Å². The van der Waals surface area contributed by atoms with E-state index >= 15 is 0 Å². The van der Waals surface area contributed by atoms with Crippen molar-refractivity contribution >= 4 is 15.9 Å². The van der Waals surface area contributed by atoms with E-state index in [4.69, 9.17) is 9.15 Å². The van der Waals surface area contributed by atoms with Crippen LogP contribution in [0.2, 0.25) is 0 Å². The predicted octanol–water partition coefficient (Wildman–Crippen LogP) is 3.01. The van der Waals surface area contributed by atoms with E-state index in [0.717, 1.165) is 43.6 Å². The number of rotatable bonds is 3. The summed E-state index contributed by atoms with van der Waals surface area (Å²) >= 11 is 3.62. The van der Waals surface area contributed by atoms with Crippen molar-refractivity contribution < 1.29 is 9.15 Å². The molecule has 0 atom stereocenters. The van der Waals surface area contributed by atoms with Crippen molar-refractivity contribution in [2.45, 2.75) is 19.3 Å². The standard InChI is InChI=1S/C11H15BrO2/c12-9-11(3-6-13-7-4-11)8-10-2-1-5-14-10/h1-2,5H,3-4,6-9H2. The molecule has 2 rings (SSSR count). The SMILES string of the molecule is BrCC1(Cc2ccco2)CCOCC1. The van der Waals surface area contributed by atoms with Gasteiger partial charge in [-0.1, -0.05) is 15.9 Å². The third-order valence-electron chi connectivity index (χ3n) is 2.97. The first kappa shape index (κ1) is 10.2. The van der Waals surface area contributed by atoms with Crippen LogP contribution in [0.25, 0.3) is 0 Å². The molecular weight excluding hydrogens is 244 g/mol. The van der Waals surface area contributed by atoms with Crippen LogP contribution in [0.4, 0.5) is 0 Å². The maximum atomic E-state index is 5.40. The van der Waals surface area contributed by atoms with Gasteiger partial charge < -0.3 is 9.15 Å². The highest BCUT2D eigenvalue weighted by molar-refractivity contribution is 9.09. The van der Waals surface area contributed by atoms with Crippen molar-refractivity contribution in [1.82, 2.24) is 0 Å². The van der Waals surface area contributed by atoms with Crippen LogP contribution in [-0.4, -0.2) is 18.5 Å². The Morgan fingerprint density at radius 1 is 1.36 bits per heavy atom. The Hall–Kier alpha value is -0.280. The van der Waals surface area contributed by atoms with Crippen molar-refractivity contribution in [3.05, 3.63) is 24.2 Å². The Kier molecular flexibility index (Phi) is 3.29. The molecule has 1 aliphatic rings. The van der Waals surface area contributed by atoms with Crippen LogP contribution in [0.15, 0.2) is 22.8 Å². The molecule has 0 spiro atoms. The van der Waals surface area contributed by atoms with E-state index < -0.39 is 0 Å². The minimum Gasteiger partial charge on any atom is -0.469 e. The molecule has 1 aromatic heterocycles. The summed E-state index contributed by atoms with van der Waals surface area (Å²) in [5.41, 5.74) is 0.343. The summed E-state index contributed by atoms with van der Waals surface area (Å²) in [4.78, 5) is 0. The van der Waals surface area contributed by atoms with Crippen molar-refractivity contribution in [3.8, 4) is 0 Å². The zero-order valence-corrected chi connectivity index (χ0v) is 9.76. The van der Waals surface area contributed by atoms with Crippen LogP contribution in [0, 0.1) is 5.41 Å². The molecule has 2 nitrogen and oxygen atoms in total. The van der Waals surface area contributed by atoms with Gasteiger partial charge in [-0.25, -0.2) is 0 Å². The van der Waals surface area contributed by atoms with Crippen molar-refractivity contribution in [3.63, 3.8) is 0 Å². The Morgan fingerprint density at radius 3 is 2.71 bits per heavy atom. The predicted molar refractivity (Wildman–Crippen MR) is 58.7 cm³/mol. The molecule has 0 amide bonds. The van der Waals surface area contributed by atoms with E-state index in [-0.39, 0.29) is 0 Å². The average molecular weight is 259 g/mol. The molecule has 3 heteroatoms. The zero-order chi connectivity index (χ0) is 9.86. The highest BCUT2D eigenvalue weighted by Crippen LogP contribution is 2.36. The first-order chi connectivity index (χ1) is 6.85. The largest absolute Gasteiger partial charge is 0.469 e. The quantitative estimate of drug-likeness (QED) is 0.778. The van der Waals surface area contributed by atoms with Crippen molar-refractivity contribution in [2.75, 3.05) is 18.5 Å². The molecule has 0 aliphatic carbocycles. The number of hydrogen-bond acceptors (Lipinski definition) is 2. The maximum Gasteiger partial charge on any atom is 0.104 e. The smallest absolute Gasteiger partial charge is 0.104 e. The van der Waals surface area contributed by atoms with E-state index in [2.05, 4.69) is 22.0 Å². The lowest BCUT2D eigenvalue weighted by atomic mass is 9.78. The second kappa shape index (κ2) is 4.49. The summed E-state index contributed by atoms with van der Waals surface area (Å²) in [7, 11) is 0. The van der Waals surface area contributed by atoms with Crippen LogP contribution < -0.4 is 0 Å². The van der Waals surface area contributed by atoms with Crippen LogP contribution in [-0.2, 0) is 11.2 Å². The van der Waals surface area contributed by atoms with Gasteiger partial charge in [0, 0.05) is 25.0 Å². The minimum absolute atomic E-state index is 0.343. The van der Waals surface area contributed by atoms with Crippen molar-refractivity contribution in [2.24, 2.45) is 5.41 Å². The fourth-order valence-corrected chi connectivity index (χ4v) is 2.70. The van der Waals surface area contributed by atoms with Crippen LogP contribution in [0.3, 0.4) is 0 Å². The molecule has 1 aliphatic heterocycles. The zero-order valence-electron chi connectivity index (χ0n) is 8.17. The normalized spacial score (nSPS) is 20.9. The summed E-state index contributed by atoms with van der Waals surface area (Å²) in [6.45, 7) is 1.76. The Labute approximate surface area is 92.8 Å². The second-order valence-electron chi connectivity index (χ2n) is 4.00. The number of hydrogen-bond donors (Lipinski definition) is 0. The van der Waals surface area contributed by atoms with E-state index in [1.54, 1.807) is 6.26 Å². The minimum atomic E-state index is 0.343. The molecule has 14 heavy (non-hydrogen) atoms. The lowest BCUT2D eigenvalue weighted by Crippen LogP contribution is -2.33. The first-order valence-corrected chi connectivity index (χ1v) is 6.13. The number of halogens is 1. The van der Waals surface area contributed by atoms with Gasteiger partial charge in [0.2, 0.25) is 0 Å². The molecule has 1 fully saturated rings. The van der Waals surface area contributed by atoms with Gasteiger partial charge in [-0.05, 0) is 30.4 Å². The number of furan rings is 1. The van der Waals surface area contributed by atoms with Crippen LogP contribution in [0.1, 0.15) is 18.6 Å². The molecule has 0 saturated carbocycles. The van der Waals surface area contributed by atoms with Crippen molar-refractivity contribution in [1.29, 1.82) is 0 Å². The highest BCUT2D eigenvalue weighted by atomic mass is 79.9. The van der Waals surface area contributed by atoms with Gasteiger partial charge in [-0.2, -0.15) is 0 Å². The fraction of sp³-hybridized carbons (Fsp3) is 0.636. The van der Waals surface area contributed by atoms with Gasteiger partial charge >= 0.3 is 0 Å². The molecule has 0 radical (unpaired) electrons. The topological polar surface area (TPSA) is 22.4 Å². The van der Waals surface area contributed by atoms with Gasteiger partial charge in [0.15, 0.2) is 0 Å². The summed E-state index contributed by atoms with van der Waals surface area (Å²) < 4.78 is 10.8. The molecule has 78 valence electrons. The van der Waals surface area contributed by atoms with E-state index in [9.17, 15) is 0 Å². The molecule has 0 N–H and O–H groups in total. The fourth-order valence-electron chi connectivity index (χ4n) is 1.94. The molecule has 1 saturated heterocycles. The molecule has 2 heterocycles. The van der Waals surface area contributed by atoms with Gasteiger partial charge in [0.1, 0.15) is 5.76 Å². The lowest BCUT2D eigenvalue weighted by molar-refractivity contribution is 0.0248. The maximum absolute atomic E-state index is 5.40. The van der Waals surface area contributed by atoms with Gasteiger partial charge in [0.05, 0.1) is 6.26 Å². The highest BCUT2D eigenvalue weighted by Gasteiger charge is 2.32. The first-order valence-electron chi connectivity index (χ1n) is 5.01. The Balaban J connectivity index is 2.04. The Morgan fingerprint density at radius 2 is 2.14 bits per heavy atom. The van der Waals surface area contributed by atoms with E-state index in [0.29, 0.717) is 5.41 Å². The van der Waals surface area contributed by atoms with E-state index in [1.165, 1.54) is 0 Å². The van der Waals surface area contributed by atoms with Gasteiger partial charge in [-0.15, -0.1) is 0 Å². The summed E-state index contributed by atoms with van der Waals surface area (Å²) in [5.74, 6) is 1.09. The third kappa shape index (κ3) is 2.20. The second-order valence-corrected chi connectivity index (χ2v) is 4.56. The summed E-state index contributed by atoms with van der Waals surface area (Å²) in [6.07, 6.45) is 5.02. The average Bonchev–Trinajstić information content (AvgIpc) is 2.72. The molecule has 0 bridgehead atoms. The van der Waals surface area contributed by atoms with Crippen LogP contribution in [0.5, 0.6) is 0 Å². The summed E-state index contributed by atoms with van der Waals surface area (Å²) in [5, 5.41) is 1.03. The molecular formula is C11H15BrO2. The summed E-state index contributed by atoms with van der Waals surface area (Å²) in [6, 6.07) is 4.01. The lowest BCUT2D eigenvalue weighted by Gasteiger charge is -2.34.